The third-order valence-corrected chi connectivity index (χ3v) is 15.8. The molecule has 4 aromatic heterocycles. The fourth-order valence-corrected chi connectivity index (χ4v) is 11.8. The SMILES string of the molecule is COc1nc(N2CC[C@H](O)C2)cc(-n2ncc3cc(C)c(C4CCN(C5CCOC5)CC4)cc32)n1.COc1nc(N2CC[C@H](O)C2)cc(-n2ncc3cc(C)c(C4CCN(C5CCOC5)CC4)cc32)n1. The molecule has 6 fully saturated rings. The number of anilines is 2. The summed E-state index contributed by atoms with van der Waals surface area (Å²) in [5, 5.41) is 31.6. The summed E-state index contributed by atoms with van der Waals surface area (Å²) < 4.78 is 25.8. The van der Waals surface area contributed by atoms with Crippen molar-refractivity contribution in [2.75, 3.05) is 103 Å². The Labute approximate surface area is 409 Å². The molecule has 6 aliphatic heterocycles. The smallest absolute Gasteiger partial charge is 0.320 e. The van der Waals surface area contributed by atoms with Gasteiger partial charge in [0.1, 0.15) is 11.6 Å². The van der Waals surface area contributed by atoms with Crippen molar-refractivity contribution in [2.45, 2.75) is 101 Å². The van der Waals surface area contributed by atoms with Crippen LogP contribution in [0.4, 0.5) is 11.6 Å². The predicted molar refractivity (Wildman–Crippen MR) is 267 cm³/mol. The van der Waals surface area contributed by atoms with Crippen LogP contribution in [0.1, 0.15) is 85.5 Å². The van der Waals surface area contributed by atoms with E-state index in [1.807, 2.05) is 33.9 Å². The first-order valence-corrected chi connectivity index (χ1v) is 25.5. The number of aliphatic hydroxyl groups is 2. The standard InChI is InChI=1S/2C26H34N6O3/c2*1-17-11-19-14-27-32(25-13-24(28-26(29-25)34-2)31-9-5-21(33)15-31)23(19)12-22(17)18-3-7-30(8-4-18)20-6-10-35-16-20/h2*11-14,18,20-21,33H,3-10,15-16H2,1-2H3/t2*20?,21-/m00/s1. The van der Waals surface area contributed by atoms with Gasteiger partial charge in [0.25, 0.3) is 0 Å². The number of rotatable bonds is 10. The van der Waals surface area contributed by atoms with Gasteiger partial charge < -0.3 is 39.0 Å². The molecule has 4 atom stereocenters. The molecule has 6 aliphatic rings. The highest BCUT2D eigenvalue weighted by molar-refractivity contribution is 5.83. The minimum absolute atomic E-state index is 0.304. The van der Waals surface area contributed by atoms with E-state index in [2.05, 4.69) is 77.6 Å². The van der Waals surface area contributed by atoms with Crippen LogP contribution in [0, 0.1) is 13.8 Å². The molecule has 0 radical (unpaired) electrons. The molecule has 70 heavy (non-hydrogen) atoms. The summed E-state index contributed by atoms with van der Waals surface area (Å²) in [7, 11) is 3.16. The first-order chi connectivity index (χ1) is 34.2. The molecule has 0 saturated carbocycles. The zero-order valence-electron chi connectivity index (χ0n) is 41.1. The molecule has 2 N–H and O–H groups in total. The molecule has 0 amide bonds. The van der Waals surface area contributed by atoms with E-state index in [9.17, 15) is 10.2 Å². The van der Waals surface area contributed by atoms with E-state index in [0.29, 0.717) is 60.7 Å². The molecule has 2 aromatic carbocycles. The second-order valence-corrected chi connectivity index (χ2v) is 20.2. The number of methoxy groups -OCH3 is 2. The van der Waals surface area contributed by atoms with E-state index >= 15 is 0 Å². The number of nitrogens with zero attached hydrogens (tertiary/aromatic N) is 12. The number of hydrogen-bond donors (Lipinski definition) is 2. The Balaban J connectivity index is 0.000000152. The average Bonchev–Trinajstić information content (AvgIpc) is 4.26. The van der Waals surface area contributed by atoms with E-state index < -0.39 is 0 Å². The molecule has 0 spiro atoms. The number of likely N-dealkylation sites (tertiary alicyclic amines) is 2. The topological polar surface area (TPSA) is 178 Å². The average molecular weight is 957 g/mol. The molecular formula is C52H68N12O6. The molecule has 6 aromatic rings. The van der Waals surface area contributed by atoms with Gasteiger partial charge in [0.2, 0.25) is 0 Å². The molecular weight excluding hydrogens is 889 g/mol. The van der Waals surface area contributed by atoms with Gasteiger partial charge in [-0.1, -0.05) is 0 Å². The lowest BCUT2D eigenvalue weighted by atomic mass is 9.86. The normalized spacial score (nSPS) is 24.0. The summed E-state index contributed by atoms with van der Waals surface area (Å²) in [6.45, 7) is 15.2. The maximum absolute atomic E-state index is 10.00. The van der Waals surface area contributed by atoms with Crippen molar-refractivity contribution in [1.29, 1.82) is 0 Å². The van der Waals surface area contributed by atoms with Crippen molar-refractivity contribution >= 4 is 33.4 Å². The van der Waals surface area contributed by atoms with Gasteiger partial charge in [0.05, 0.1) is 63.1 Å². The molecule has 18 heteroatoms. The van der Waals surface area contributed by atoms with Gasteiger partial charge in [-0.05, 0) is 150 Å². The minimum Gasteiger partial charge on any atom is -0.467 e. The fourth-order valence-electron chi connectivity index (χ4n) is 11.8. The van der Waals surface area contributed by atoms with E-state index in [1.165, 1.54) is 47.9 Å². The van der Waals surface area contributed by atoms with Crippen molar-refractivity contribution in [2.24, 2.45) is 0 Å². The summed E-state index contributed by atoms with van der Waals surface area (Å²) in [6.07, 6.45) is 11.6. The summed E-state index contributed by atoms with van der Waals surface area (Å²) in [4.78, 5) is 27.7. The van der Waals surface area contributed by atoms with E-state index in [1.54, 1.807) is 14.2 Å². The summed E-state index contributed by atoms with van der Waals surface area (Å²) in [5.41, 5.74) is 7.56. The van der Waals surface area contributed by atoms with Crippen LogP contribution in [0.5, 0.6) is 12.0 Å². The summed E-state index contributed by atoms with van der Waals surface area (Å²) in [6, 6.07) is 14.8. The predicted octanol–water partition coefficient (Wildman–Crippen LogP) is 5.34. The molecule has 18 nitrogen and oxygen atoms in total. The van der Waals surface area contributed by atoms with Crippen molar-refractivity contribution in [3.05, 3.63) is 71.0 Å². The number of ether oxygens (including phenoxy) is 4. The van der Waals surface area contributed by atoms with Gasteiger partial charge in [-0.3, -0.25) is 9.80 Å². The number of β-amino-alcohol motifs (C(OH)–C–C–N with tert-alkyl or cyclic N) is 2. The lowest BCUT2D eigenvalue weighted by molar-refractivity contribution is 0.122. The van der Waals surface area contributed by atoms with Crippen molar-refractivity contribution in [1.82, 2.24) is 49.3 Å². The third kappa shape index (κ3) is 9.65. The van der Waals surface area contributed by atoms with Crippen LogP contribution >= 0.6 is 0 Å². The lowest BCUT2D eigenvalue weighted by Gasteiger charge is -2.36. The van der Waals surface area contributed by atoms with Crippen molar-refractivity contribution < 1.29 is 29.2 Å². The first-order valence-electron chi connectivity index (χ1n) is 25.5. The third-order valence-electron chi connectivity index (χ3n) is 15.8. The summed E-state index contributed by atoms with van der Waals surface area (Å²) in [5.74, 6) is 3.94. The first kappa shape index (κ1) is 46.9. The van der Waals surface area contributed by atoms with E-state index in [-0.39, 0.29) is 12.2 Å². The number of fused-ring (bicyclic) bond motifs is 2. The minimum atomic E-state index is -0.330. The molecule has 12 rings (SSSR count). The number of aryl methyl sites for hydroxylation is 2. The van der Waals surface area contributed by atoms with Gasteiger partial charge in [-0.25, -0.2) is 9.36 Å². The molecule has 0 bridgehead atoms. The highest BCUT2D eigenvalue weighted by atomic mass is 16.5. The van der Waals surface area contributed by atoms with Gasteiger partial charge in [-0.2, -0.15) is 30.1 Å². The Morgan fingerprint density at radius 1 is 0.514 bits per heavy atom. The van der Waals surface area contributed by atoms with Crippen LogP contribution in [0.2, 0.25) is 0 Å². The van der Waals surface area contributed by atoms with Crippen LogP contribution in [0.15, 0.2) is 48.8 Å². The van der Waals surface area contributed by atoms with Crippen LogP contribution in [-0.4, -0.2) is 177 Å². The number of aliphatic hydroxyl groups excluding tert-OH is 2. The van der Waals surface area contributed by atoms with Gasteiger partial charge >= 0.3 is 12.0 Å². The van der Waals surface area contributed by atoms with Crippen LogP contribution in [0.25, 0.3) is 33.4 Å². The number of piperidine rings is 2. The molecule has 0 aliphatic carbocycles. The number of aromatic nitrogens is 8. The second-order valence-electron chi connectivity index (χ2n) is 20.2. The van der Waals surface area contributed by atoms with Crippen molar-refractivity contribution in [3.63, 3.8) is 0 Å². The largest absolute Gasteiger partial charge is 0.467 e. The number of benzene rings is 2. The zero-order chi connectivity index (χ0) is 47.9. The Morgan fingerprint density at radius 3 is 1.29 bits per heavy atom. The Kier molecular flexibility index (Phi) is 13.6. The van der Waals surface area contributed by atoms with Gasteiger partial charge in [0.15, 0.2) is 11.6 Å². The van der Waals surface area contributed by atoms with Crippen LogP contribution in [-0.2, 0) is 9.47 Å². The summed E-state index contributed by atoms with van der Waals surface area (Å²) >= 11 is 0. The molecule has 10 heterocycles. The lowest BCUT2D eigenvalue weighted by Crippen LogP contribution is -2.41. The maximum Gasteiger partial charge on any atom is 0.320 e. The second kappa shape index (κ2) is 20.3. The molecule has 2 unspecified atom stereocenters. The quantitative estimate of drug-likeness (QED) is 0.180. The van der Waals surface area contributed by atoms with E-state index in [0.717, 1.165) is 125 Å². The zero-order valence-corrected chi connectivity index (χ0v) is 41.1. The van der Waals surface area contributed by atoms with Gasteiger partial charge in [-0.15, -0.1) is 0 Å². The Hall–Kier alpha value is -5.50. The molecule has 372 valence electrons. The Morgan fingerprint density at radius 2 is 0.929 bits per heavy atom. The highest BCUT2D eigenvalue weighted by Gasteiger charge is 2.32. The Bertz CT molecular complexity index is 2590. The number of hydrogen-bond acceptors (Lipinski definition) is 16. The van der Waals surface area contributed by atoms with Crippen LogP contribution < -0.4 is 19.3 Å². The van der Waals surface area contributed by atoms with E-state index in [4.69, 9.17) is 29.1 Å². The molecule has 6 saturated heterocycles. The van der Waals surface area contributed by atoms with Gasteiger partial charge in [0, 0.05) is 74.4 Å². The maximum atomic E-state index is 10.00. The van der Waals surface area contributed by atoms with Crippen molar-refractivity contribution in [3.8, 4) is 23.7 Å². The van der Waals surface area contributed by atoms with Crippen LogP contribution in [0.3, 0.4) is 0 Å². The monoisotopic (exact) mass is 957 g/mol. The fraction of sp³-hybridized carbons (Fsp3) is 0.577. The highest BCUT2D eigenvalue weighted by Crippen LogP contribution is 2.37.